The molecule has 0 bridgehead atoms. The maximum absolute atomic E-state index is 10.6. The number of thioether (sulfide) groups is 1. The Bertz CT molecular complexity index is 664. The summed E-state index contributed by atoms with van der Waals surface area (Å²) >= 11 is 2.06. The van der Waals surface area contributed by atoms with Crippen LogP contribution in [0.1, 0.15) is 62.6 Å². The third kappa shape index (κ3) is 7.58. The summed E-state index contributed by atoms with van der Waals surface area (Å²) in [6.07, 6.45) is 7.88. The minimum atomic E-state index is -5.08. The monoisotopic (exact) mass is 401 g/mol. The second kappa shape index (κ2) is 9.64. The lowest BCUT2D eigenvalue weighted by atomic mass is 10.0. The highest BCUT2D eigenvalue weighted by Crippen LogP contribution is 2.37. The van der Waals surface area contributed by atoms with E-state index in [1.54, 1.807) is 0 Å². The Morgan fingerprint density at radius 3 is 2.33 bits per heavy atom. The van der Waals surface area contributed by atoms with Crippen LogP contribution in [0.3, 0.4) is 0 Å². The van der Waals surface area contributed by atoms with E-state index in [4.69, 9.17) is 15.6 Å². The van der Waals surface area contributed by atoms with E-state index < -0.39 is 12.1 Å². The van der Waals surface area contributed by atoms with Crippen LogP contribution >= 0.6 is 11.8 Å². The van der Waals surface area contributed by atoms with Crippen molar-refractivity contribution in [3.05, 3.63) is 35.4 Å². The molecule has 3 nitrogen and oxygen atoms in total. The van der Waals surface area contributed by atoms with Crippen LogP contribution in [0, 0.1) is 5.92 Å². The number of nitrogens with two attached hydrogens (primary N) is 1. The third-order valence-corrected chi connectivity index (χ3v) is 5.90. The molecule has 0 saturated heterocycles. The molecular formula is C20H26F3NO2S. The SMILES string of the molecule is C[C@H](N)c1ccc(SC2CCCC2)cc1/C=C/C1CC1.O=C(O)C(F)(F)F. The number of carboxylic acids is 1. The van der Waals surface area contributed by atoms with Crippen molar-refractivity contribution in [2.45, 2.75) is 67.8 Å². The quantitative estimate of drug-likeness (QED) is 0.655. The van der Waals surface area contributed by atoms with Gasteiger partial charge in [-0.3, -0.25) is 0 Å². The average Bonchev–Trinajstić information content (AvgIpc) is 3.28. The van der Waals surface area contributed by atoms with Gasteiger partial charge in [0.15, 0.2) is 0 Å². The molecule has 1 atom stereocenters. The van der Waals surface area contributed by atoms with Crippen LogP contribution in [0.2, 0.25) is 0 Å². The molecule has 0 heterocycles. The van der Waals surface area contributed by atoms with Gasteiger partial charge in [-0.25, -0.2) is 4.79 Å². The topological polar surface area (TPSA) is 63.3 Å². The van der Waals surface area contributed by atoms with Crippen molar-refractivity contribution < 1.29 is 23.1 Å². The van der Waals surface area contributed by atoms with Crippen LogP contribution < -0.4 is 5.73 Å². The molecule has 0 unspecified atom stereocenters. The fourth-order valence-electron chi connectivity index (χ4n) is 2.91. The molecule has 1 aromatic carbocycles. The number of benzene rings is 1. The maximum Gasteiger partial charge on any atom is 0.490 e. The van der Waals surface area contributed by atoms with Crippen molar-refractivity contribution in [2.75, 3.05) is 0 Å². The molecular weight excluding hydrogens is 375 g/mol. The Balaban J connectivity index is 0.000000321. The molecule has 3 N–H and O–H groups in total. The van der Waals surface area contributed by atoms with Crippen molar-refractivity contribution >= 4 is 23.8 Å². The van der Waals surface area contributed by atoms with E-state index in [1.165, 1.54) is 54.5 Å². The molecule has 2 aliphatic carbocycles. The van der Waals surface area contributed by atoms with E-state index in [9.17, 15) is 13.2 Å². The zero-order chi connectivity index (χ0) is 20.0. The molecule has 2 aliphatic rings. The second-order valence-corrected chi connectivity index (χ2v) is 8.48. The van der Waals surface area contributed by atoms with Gasteiger partial charge in [0.05, 0.1) is 0 Å². The lowest BCUT2D eigenvalue weighted by molar-refractivity contribution is -0.192. The molecule has 27 heavy (non-hydrogen) atoms. The van der Waals surface area contributed by atoms with E-state index >= 15 is 0 Å². The number of hydrogen-bond donors (Lipinski definition) is 2. The number of hydrogen-bond acceptors (Lipinski definition) is 3. The number of aliphatic carboxylic acids is 1. The first-order valence-corrected chi connectivity index (χ1v) is 10.1. The van der Waals surface area contributed by atoms with Crippen LogP contribution in [0.15, 0.2) is 29.2 Å². The molecule has 2 saturated carbocycles. The molecule has 1 aromatic rings. The van der Waals surface area contributed by atoms with Gasteiger partial charge in [-0.15, -0.1) is 11.8 Å². The fraction of sp³-hybridized carbons (Fsp3) is 0.550. The molecule has 2 fully saturated rings. The molecule has 0 amide bonds. The van der Waals surface area contributed by atoms with Gasteiger partial charge >= 0.3 is 12.1 Å². The molecule has 0 spiro atoms. The third-order valence-electron chi connectivity index (χ3n) is 4.57. The average molecular weight is 401 g/mol. The molecule has 7 heteroatoms. The summed E-state index contributed by atoms with van der Waals surface area (Å²) in [5.41, 5.74) is 8.71. The molecule has 0 radical (unpaired) electrons. The van der Waals surface area contributed by atoms with Crippen molar-refractivity contribution in [3.63, 3.8) is 0 Å². The maximum atomic E-state index is 10.6. The number of carboxylic acid groups (broad SMARTS) is 1. The predicted molar refractivity (Wildman–Crippen MR) is 103 cm³/mol. The van der Waals surface area contributed by atoms with E-state index in [-0.39, 0.29) is 6.04 Å². The highest BCUT2D eigenvalue weighted by atomic mass is 32.2. The van der Waals surface area contributed by atoms with E-state index in [2.05, 4.69) is 49.0 Å². The molecule has 0 aliphatic heterocycles. The summed E-state index contributed by atoms with van der Waals surface area (Å²) in [4.78, 5) is 10.3. The lowest BCUT2D eigenvalue weighted by Gasteiger charge is -2.14. The number of rotatable bonds is 5. The highest BCUT2D eigenvalue weighted by Gasteiger charge is 2.38. The number of carbonyl (C=O) groups is 1. The standard InChI is InChI=1S/C18H25NS.C2HF3O2/c1-13(19)18-11-10-17(20-16-4-2-3-5-16)12-15(18)9-8-14-6-7-14;3-2(4,5)1(6)7/h8-14,16H,2-7,19H2,1H3;(H,6,7)/b9-8+;/t13-;/m0./s1. The molecule has 0 aromatic heterocycles. The molecule has 150 valence electrons. The number of allylic oxidation sites excluding steroid dienone is 1. The van der Waals surface area contributed by atoms with Gasteiger partial charge in [-0.05, 0) is 61.8 Å². The fourth-order valence-corrected chi connectivity index (χ4v) is 4.21. The number of alkyl halides is 3. The second-order valence-electron chi connectivity index (χ2n) is 7.10. The Kier molecular flexibility index (Phi) is 7.79. The summed E-state index contributed by atoms with van der Waals surface area (Å²) in [6.45, 7) is 2.08. The first-order chi connectivity index (χ1) is 12.7. The van der Waals surface area contributed by atoms with Crippen molar-refractivity contribution in [2.24, 2.45) is 11.7 Å². The number of halogens is 3. The smallest absolute Gasteiger partial charge is 0.475 e. The Morgan fingerprint density at radius 2 is 1.85 bits per heavy atom. The Morgan fingerprint density at radius 1 is 1.26 bits per heavy atom. The van der Waals surface area contributed by atoms with E-state index in [1.807, 2.05) is 0 Å². The zero-order valence-corrected chi connectivity index (χ0v) is 16.2. The van der Waals surface area contributed by atoms with Crippen LogP contribution in [0.4, 0.5) is 13.2 Å². The van der Waals surface area contributed by atoms with E-state index in [0.717, 1.165) is 11.2 Å². The van der Waals surface area contributed by atoms with Gasteiger partial charge in [0, 0.05) is 16.2 Å². The molecule has 3 rings (SSSR count). The summed E-state index contributed by atoms with van der Waals surface area (Å²) in [5.74, 6) is -1.94. The van der Waals surface area contributed by atoms with Crippen molar-refractivity contribution in [3.8, 4) is 0 Å². The van der Waals surface area contributed by atoms with Crippen LogP contribution in [0.5, 0.6) is 0 Å². The highest BCUT2D eigenvalue weighted by molar-refractivity contribution is 8.00. The van der Waals surface area contributed by atoms with Crippen molar-refractivity contribution in [1.82, 2.24) is 0 Å². The summed E-state index contributed by atoms with van der Waals surface area (Å²) in [7, 11) is 0. The van der Waals surface area contributed by atoms with Crippen LogP contribution in [-0.2, 0) is 4.79 Å². The van der Waals surface area contributed by atoms with E-state index in [0.29, 0.717) is 0 Å². The first-order valence-electron chi connectivity index (χ1n) is 9.21. The van der Waals surface area contributed by atoms with Gasteiger partial charge in [0.25, 0.3) is 0 Å². The Hall–Kier alpha value is -1.47. The lowest BCUT2D eigenvalue weighted by Crippen LogP contribution is -2.21. The first kappa shape index (κ1) is 21.8. The largest absolute Gasteiger partial charge is 0.490 e. The van der Waals surface area contributed by atoms with Gasteiger partial charge in [0.2, 0.25) is 0 Å². The van der Waals surface area contributed by atoms with Gasteiger partial charge in [-0.2, -0.15) is 13.2 Å². The minimum absolute atomic E-state index is 0.111. The normalized spacial score (nSPS) is 19.0. The van der Waals surface area contributed by atoms with Gasteiger partial charge < -0.3 is 10.8 Å². The van der Waals surface area contributed by atoms with Gasteiger partial charge in [-0.1, -0.05) is 31.1 Å². The van der Waals surface area contributed by atoms with Crippen molar-refractivity contribution in [1.29, 1.82) is 0 Å². The predicted octanol–water partition coefficient (Wildman–Crippen LogP) is 5.80. The Labute approximate surface area is 162 Å². The van der Waals surface area contributed by atoms with Crippen LogP contribution in [-0.4, -0.2) is 22.5 Å². The van der Waals surface area contributed by atoms with Gasteiger partial charge in [0.1, 0.15) is 0 Å². The summed E-state index contributed by atoms with van der Waals surface area (Å²) in [5, 5.41) is 7.96. The summed E-state index contributed by atoms with van der Waals surface area (Å²) in [6, 6.07) is 6.95. The minimum Gasteiger partial charge on any atom is -0.475 e. The van der Waals surface area contributed by atoms with Crippen LogP contribution in [0.25, 0.3) is 6.08 Å². The zero-order valence-electron chi connectivity index (χ0n) is 15.3. The summed E-state index contributed by atoms with van der Waals surface area (Å²) < 4.78 is 31.7.